The van der Waals surface area contributed by atoms with Gasteiger partial charge in [-0.1, -0.05) is 13.3 Å². The van der Waals surface area contributed by atoms with Crippen molar-refractivity contribution in [2.45, 2.75) is 44.1 Å². The summed E-state index contributed by atoms with van der Waals surface area (Å²) in [5, 5.41) is 37.6. The first-order chi connectivity index (χ1) is 7.17. The lowest BCUT2D eigenvalue weighted by atomic mass is 10.1. The number of hydrogen-bond donors (Lipinski definition) is 4. The molecule has 1 aliphatic heterocycles. The summed E-state index contributed by atoms with van der Waals surface area (Å²) in [6, 6.07) is -0.910. The molecule has 0 saturated carbocycles. The SMILES string of the molecule is CCCCN1[C@@H](CO)[C@H](O)[C@@H](O)[C@@H]1CO. The summed E-state index contributed by atoms with van der Waals surface area (Å²) < 4.78 is 0. The van der Waals surface area contributed by atoms with Crippen molar-refractivity contribution in [2.75, 3.05) is 19.8 Å². The van der Waals surface area contributed by atoms with E-state index in [0.29, 0.717) is 6.54 Å². The first kappa shape index (κ1) is 12.9. The van der Waals surface area contributed by atoms with Gasteiger partial charge in [0.15, 0.2) is 0 Å². The third kappa shape index (κ3) is 2.49. The molecule has 0 radical (unpaired) electrons. The van der Waals surface area contributed by atoms with E-state index in [1.807, 2.05) is 6.92 Å². The summed E-state index contributed by atoms with van der Waals surface area (Å²) in [7, 11) is 0. The molecule has 0 unspecified atom stereocenters. The fourth-order valence-electron chi connectivity index (χ4n) is 2.19. The zero-order valence-electron chi connectivity index (χ0n) is 9.08. The van der Waals surface area contributed by atoms with Crippen LogP contribution in [-0.2, 0) is 0 Å². The van der Waals surface area contributed by atoms with Crippen molar-refractivity contribution in [3.8, 4) is 0 Å². The van der Waals surface area contributed by atoms with E-state index >= 15 is 0 Å². The van der Waals surface area contributed by atoms with Gasteiger partial charge in [-0.25, -0.2) is 0 Å². The molecule has 0 aromatic carbocycles. The van der Waals surface area contributed by atoms with Crippen LogP contribution in [0.3, 0.4) is 0 Å². The third-order valence-electron chi connectivity index (χ3n) is 3.13. The van der Waals surface area contributed by atoms with Gasteiger partial charge < -0.3 is 20.4 Å². The zero-order chi connectivity index (χ0) is 11.4. The summed E-state index contributed by atoms with van der Waals surface area (Å²) in [6.45, 7) is 2.34. The van der Waals surface area contributed by atoms with Gasteiger partial charge in [0.1, 0.15) is 0 Å². The molecular weight excluding hydrogens is 198 g/mol. The van der Waals surface area contributed by atoms with E-state index in [-0.39, 0.29) is 13.2 Å². The lowest BCUT2D eigenvalue weighted by molar-refractivity contribution is 0.0130. The topological polar surface area (TPSA) is 84.2 Å². The van der Waals surface area contributed by atoms with Gasteiger partial charge in [-0.3, -0.25) is 4.90 Å². The van der Waals surface area contributed by atoms with E-state index < -0.39 is 24.3 Å². The molecule has 90 valence electrons. The van der Waals surface area contributed by atoms with E-state index in [9.17, 15) is 10.2 Å². The predicted octanol–water partition coefficient (Wildman–Crippen LogP) is -1.45. The van der Waals surface area contributed by atoms with Gasteiger partial charge in [-0.05, 0) is 13.0 Å². The Kier molecular flexibility index (Phi) is 4.95. The maximum atomic E-state index is 9.67. The lowest BCUT2D eigenvalue weighted by Gasteiger charge is -2.28. The second-order valence-electron chi connectivity index (χ2n) is 4.07. The van der Waals surface area contributed by atoms with Gasteiger partial charge in [-0.2, -0.15) is 0 Å². The van der Waals surface area contributed by atoms with Gasteiger partial charge in [0.25, 0.3) is 0 Å². The number of unbranched alkanes of at least 4 members (excludes halogenated alkanes) is 1. The van der Waals surface area contributed by atoms with E-state index in [2.05, 4.69) is 0 Å². The summed E-state index contributed by atoms with van der Waals surface area (Å²) in [5.41, 5.74) is 0. The summed E-state index contributed by atoms with van der Waals surface area (Å²) in [4.78, 5) is 1.80. The van der Waals surface area contributed by atoms with E-state index in [1.54, 1.807) is 4.90 Å². The fraction of sp³-hybridized carbons (Fsp3) is 1.00. The number of rotatable bonds is 5. The van der Waals surface area contributed by atoms with E-state index in [1.165, 1.54) is 0 Å². The molecule has 0 spiro atoms. The zero-order valence-corrected chi connectivity index (χ0v) is 9.08. The Morgan fingerprint density at radius 2 is 1.47 bits per heavy atom. The van der Waals surface area contributed by atoms with Gasteiger partial charge in [0.2, 0.25) is 0 Å². The minimum atomic E-state index is -0.969. The second-order valence-corrected chi connectivity index (χ2v) is 4.07. The molecule has 1 aliphatic rings. The number of hydrogen-bond acceptors (Lipinski definition) is 5. The fourth-order valence-corrected chi connectivity index (χ4v) is 2.19. The standard InChI is InChI=1S/C10H21NO4/c1-2-3-4-11-7(5-12)9(14)10(15)8(11)6-13/h7-10,12-15H,2-6H2,1H3/t7-,8-,9-,10-/m0/s1. The molecule has 4 N–H and O–H groups in total. The molecule has 4 atom stereocenters. The molecule has 1 saturated heterocycles. The first-order valence-electron chi connectivity index (χ1n) is 5.51. The average molecular weight is 219 g/mol. The van der Waals surface area contributed by atoms with Crippen molar-refractivity contribution in [1.29, 1.82) is 0 Å². The highest BCUT2D eigenvalue weighted by Crippen LogP contribution is 2.25. The van der Waals surface area contributed by atoms with Crippen molar-refractivity contribution in [3.05, 3.63) is 0 Å². The average Bonchev–Trinajstić information content (AvgIpc) is 2.48. The molecule has 0 aliphatic carbocycles. The molecule has 5 nitrogen and oxygen atoms in total. The third-order valence-corrected chi connectivity index (χ3v) is 3.13. The van der Waals surface area contributed by atoms with Crippen LogP contribution in [0.25, 0.3) is 0 Å². The van der Waals surface area contributed by atoms with Crippen LogP contribution in [0.2, 0.25) is 0 Å². The summed E-state index contributed by atoms with van der Waals surface area (Å²) in [6.07, 6.45) is -0.0150. The van der Waals surface area contributed by atoms with E-state index in [4.69, 9.17) is 10.2 Å². The maximum Gasteiger partial charge on any atom is 0.0992 e. The molecular formula is C10H21NO4. The monoisotopic (exact) mass is 219 g/mol. The van der Waals surface area contributed by atoms with Crippen LogP contribution < -0.4 is 0 Å². The Hall–Kier alpha value is -0.200. The molecule has 5 heteroatoms. The van der Waals surface area contributed by atoms with Crippen molar-refractivity contribution in [2.24, 2.45) is 0 Å². The molecule has 1 fully saturated rings. The number of likely N-dealkylation sites (tertiary alicyclic amines) is 1. The predicted molar refractivity (Wildman–Crippen MR) is 55.4 cm³/mol. The van der Waals surface area contributed by atoms with Crippen molar-refractivity contribution < 1.29 is 20.4 Å². The van der Waals surface area contributed by atoms with Gasteiger partial charge >= 0.3 is 0 Å². The Morgan fingerprint density at radius 1 is 1.00 bits per heavy atom. The van der Waals surface area contributed by atoms with Crippen LogP contribution in [0.5, 0.6) is 0 Å². The molecule has 0 amide bonds. The minimum absolute atomic E-state index is 0.196. The molecule has 1 rings (SSSR count). The molecule has 0 aromatic heterocycles. The first-order valence-corrected chi connectivity index (χ1v) is 5.51. The van der Waals surface area contributed by atoms with Gasteiger partial charge in [-0.15, -0.1) is 0 Å². The minimum Gasteiger partial charge on any atom is -0.395 e. The number of nitrogens with zero attached hydrogens (tertiary/aromatic N) is 1. The quantitative estimate of drug-likeness (QED) is 0.454. The summed E-state index contributed by atoms with van der Waals surface area (Å²) >= 11 is 0. The molecule has 1 heterocycles. The molecule has 0 aromatic rings. The largest absolute Gasteiger partial charge is 0.395 e. The van der Waals surface area contributed by atoms with Crippen molar-refractivity contribution in [1.82, 2.24) is 4.90 Å². The highest BCUT2D eigenvalue weighted by atomic mass is 16.3. The number of aliphatic hydroxyl groups is 4. The van der Waals surface area contributed by atoms with Crippen LogP contribution in [-0.4, -0.2) is 69.4 Å². The smallest absolute Gasteiger partial charge is 0.0992 e. The van der Waals surface area contributed by atoms with Crippen LogP contribution >= 0.6 is 0 Å². The Labute approximate surface area is 90.0 Å². The summed E-state index contributed by atoms with van der Waals surface area (Å²) in [5.74, 6) is 0. The number of aliphatic hydroxyl groups excluding tert-OH is 4. The van der Waals surface area contributed by atoms with Crippen LogP contribution in [0.4, 0.5) is 0 Å². The normalized spacial score (nSPS) is 37.4. The molecule has 0 bridgehead atoms. The Balaban J connectivity index is 2.68. The van der Waals surface area contributed by atoms with E-state index in [0.717, 1.165) is 12.8 Å². The second kappa shape index (κ2) is 5.77. The van der Waals surface area contributed by atoms with Crippen molar-refractivity contribution in [3.63, 3.8) is 0 Å². The lowest BCUT2D eigenvalue weighted by Crippen LogP contribution is -2.43. The highest BCUT2D eigenvalue weighted by molar-refractivity contribution is 5.00. The highest BCUT2D eigenvalue weighted by Gasteiger charge is 2.46. The van der Waals surface area contributed by atoms with Crippen LogP contribution in [0.15, 0.2) is 0 Å². The van der Waals surface area contributed by atoms with Gasteiger partial charge in [0.05, 0.1) is 37.5 Å². The van der Waals surface area contributed by atoms with Crippen molar-refractivity contribution >= 4 is 0 Å². The maximum absolute atomic E-state index is 9.67. The Morgan fingerprint density at radius 3 is 1.80 bits per heavy atom. The van der Waals surface area contributed by atoms with Gasteiger partial charge in [0, 0.05) is 0 Å². The van der Waals surface area contributed by atoms with Crippen LogP contribution in [0, 0.1) is 0 Å². The Bertz CT molecular complexity index is 174. The molecule has 15 heavy (non-hydrogen) atoms. The van der Waals surface area contributed by atoms with Crippen LogP contribution in [0.1, 0.15) is 19.8 Å².